The van der Waals surface area contributed by atoms with Crippen LogP contribution in [0.5, 0.6) is 5.75 Å². The Morgan fingerprint density at radius 2 is 2.26 bits per heavy atom. The SMILES string of the molecule is CCOc1ccc(NC(=O)c2ccco2)cc1CCl. The lowest BCUT2D eigenvalue weighted by molar-refractivity contribution is 0.0996. The van der Waals surface area contributed by atoms with Gasteiger partial charge in [0.2, 0.25) is 0 Å². The maximum Gasteiger partial charge on any atom is 0.291 e. The molecule has 2 rings (SSSR count). The van der Waals surface area contributed by atoms with E-state index in [2.05, 4.69) is 5.32 Å². The van der Waals surface area contributed by atoms with Gasteiger partial charge in [0.25, 0.3) is 5.91 Å². The molecule has 0 atom stereocenters. The molecule has 2 aromatic rings. The van der Waals surface area contributed by atoms with E-state index in [1.165, 1.54) is 6.26 Å². The molecular weight excluding hydrogens is 266 g/mol. The van der Waals surface area contributed by atoms with Crippen LogP contribution in [0.2, 0.25) is 0 Å². The first-order chi connectivity index (χ1) is 9.24. The zero-order valence-electron chi connectivity index (χ0n) is 10.5. The molecule has 1 amide bonds. The van der Waals surface area contributed by atoms with Crippen molar-refractivity contribution in [1.29, 1.82) is 0 Å². The van der Waals surface area contributed by atoms with Gasteiger partial charge in [-0.15, -0.1) is 11.6 Å². The quantitative estimate of drug-likeness (QED) is 0.850. The third-order valence-electron chi connectivity index (χ3n) is 2.51. The molecule has 1 aromatic heterocycles. The molecule has 0 unspecified atom stereocenters. The van der Waals surface area contributed by atoms with Crippen molar-refractivity contribution in [2.75, 3.05) is 11.9 Å². The topological polar surface area (TPSA) is 51.5 Å². The van der Waals surface area contributed by atoms with Gasteiger partial charge in [-0.1, -0.05) is 0 Å². The summed E-state index contributed by atoms with van der Waals surface area (Å²) >= 11 is 5.86. The van der Waals surface area contributed by atoms with Crippen molar-refractivity contribution in [3.63, 3.8) is 0 Å². The number of hydrogen-bond donors (Lipinski definition) is 1. The third-order valence-corrected chi connectivity index (χ3v) is 2.80. The second kappa shape index (κ2) is 6.29. The largest absolute Gasteiger partial charge is 0.494 e. The van der Waals surface area contributed by atoms with Gasteiger partial charge in [0.15, 0.2) is 5.76 Å². The van der Waals surface area contributed by atoms with Gasteiger partial charge in [0.05, 0.1) is 18.8 Å². The number of amides is 1. The second-order valence-corrected chi connectivity index (χ2v) is 4.09. The first-order valence-corrected chi connectivity index (χ1v) is 6.44. The van der Waals surface area contributed by atoms with Gasteiger partial charge in [0.1, 0.15) is 5.75 Å². The van der Waals surface area contributed by atoms with Gasteiger partial charge in [0, 0.05) is 11.3 Å². The summed E-state index contributed by atoms with van der Waals surface area (Å²) < 4.78 is 10.5. The summed E-state index contributed by atoms with van der Waals surface area (Å²) in [6, 6.07) is 8.61. The van der Waals surface area contributed by atoms with Crippen molar-refractivity contribution in [2.24, 2.45) is 0 Å². The van der Waals surface area contributed by atoms with Crippen molar-refractivity contribution in [1.82, 2.24) is 0 Å². The molecule has 0 fully saturated rings. The van der Waals surface area contributed by atoms with E-state index in [4.69, 9.17) is 20.8 Å². The lowest BCUT2D eigenvalue weighted by atomic mass is 10.2. The third kappa shape index (κ3) is 3.29. The van der Waals surface area contributed by atoms with Gasteiger partial charge < -0.3 is 14.5 Å². The summed E-state index contributed by atoms with van der Waals surface area (Å²) in [5.41, 5.74) is 1.49. The van der Waals surface area contributed by atoms with Crippen molar-refractivity contribution >= 4 is 23.2 Å². The average Bonchev–Trinajstić information content (AvgIpc) is 2.94. The number of alkyl halides is 1. The summed E-state index contributed by atoms with van der Waals surface area (Å²) in [5.74, 6) is 1.02. The molecule has 5 heteroatoms. The molecule has 1 aromatic carbocycles. The van der Waals surface area contributed by atoms with Crippen molar-refractivity contribution in [3.8, 4) is 5.75 Å². The molecule has 1 heterocycles. The Morgan fingerprint density at radius 1 is 1.42 bits per heavy atom. The number of carbonyl (C=O) groups excluding carboxylic acids is 1. The highest BCUT2D eigenvalue weighted by atomic mass is 35.5. The maximum absolute atomic E-state index is 11.8. The predicted molar refractivity (Wildman–Crippen MR) is 73.8 cm³/mol. The van der Waals surface area contributed by atoms with E-state index in [9.17, 15) is 4.79 Å². The van der Waals surface area contributed by atoms with E-state index in [1.54, 1.807) is 30.3 Å². The van der Waals surface area contributed by atoms with E-state index < -0.39 is 0 Å². The predicted octanol–water partition coefficient (Wildman–Crippen LogP) is 3.67. The smallest absolute Gasteiger partial charge is 0.291 e. The second-order valence-electron chi connectivity index (χ2n) is 3.82. The summed E-state index contributed by atoms with van der Waals surface area (Å²) in [5, 5.41) is 2.74. The Kier molecular flexibility index (Phi) is 4.47. The first-order valence-electron chi connectivity index (χ1n) is 5.91. The van der Waals surface area contributed by atoms with Crippen LogP contribution in [0.4, 0.5) is 5.69 Å². The number of anilines is 1. The minimum Gasteiger partial charge on any atom is -0.494 e. The molecule has 1 N–H and O–H groups in total. The molecule has 0 aliphatic rings. The number of furan rings is 1. The Hall–Kier alpha value is -1.94. The van der Waals surface area contributed by atoms with Crippen LogP contribution in [-0.4, -0.2) is 12.5 Å². The van der Waals surface area contributed by atoms with Crippen LogP contribution in [0.25, 0.3) is 0 Å². The summed E-state index contributed by atoms with van der Waals surface area (Å²) in [6.07, 6.45) is 1.46. The van der Waals surface area contributed by atoms with Crippen LogP contribution in [0.3, 0.4) is 0 Å². The molecule has 19 heavy (non-hydrogen) atoms. The maximum atomic E-state index is 11.8. The minimum absolute atomic E-state index is 0.265. The van der Waals surface area contributed by atoms with E-state index in [1.807, 2.05) is 6.92 Å². The molecule has 0 saturated heterocycles. The summed E-state index contributed by atoms with van der Waals surface area (Å²) in [4.78, 5) is 11.8. The van der Waals surface area contributed by atoms with Gasteiger partial charge in [-0.2, -0.15) is 0 Å². The first kappa shape index (κ1) is 13.5. The normalized spacial score (nSPS) is 10.2. The molecule has 0 radical (unpaired) electrons. The molecule has 0 saturated carbocycles. The number of benzene rings is 1. The highest BCUT2D eigenvalue weighted by Crippen LogP contribution is 2.25. The van der Waals surface area contributed by atoms with E-state index in [-0.39, 0.29) is 11.7 Å². The van der Waals surface area contributed by atoms with Crippen LogP contribution in [-0.2, 0) is 5.88 Å². The molecular formula is C14H14ClNO3. The number of carbonyl (C=O) groups is 1. The summed E-state index contributed by atoms with van der Waals surface area (Å²) in [7, 11) is 0. The van der Waals surface area contributed by atoms with Gasteiger partial charge in [-0.25, -0.2) is 0 Å². The molecule has 100 valence electrons. The number of hydrogen-bond acceptors (Lipinski definition) is 3. The fourth-order valence-corrected chi connectivity index (χ4v) is 1.87. The fraction of sp³-hybridized carbons (Fsp3) is 0.214. The Labute approximate surface area is 116 Å². The number of ether oxygens (including phenoxy) is 1. The molecule has 0 spiro atoms. The van der Waals surface area contributed by atoms with E-state index in [0.717, 1.165) is 11.3 Å². The van der Waals surface area contributed by atoms with E-state index in [0.29, 0.717) is 18.2 Å². The monoisotopic (exact) mass is 279 g/mol. The van der Waals surface area contributed by atoms with Crippen LogP contribution >= 0.6 is 11.6 Å². The lowest BCUT2D eigenvalue weighted by Gasteiger charge is -2.10. The van der Waals surface area contributed by atoms with Gasteiger partial charge >= 0.3 is 0 Å². The van der Waals surface area contributed by atoms with Crippen LogP contribution in [0.15, 0.2) is 41.0 Å². The highest BCUT2D eigenvalue weighted by molar-refractivity contribution is 6.17. The Bertz CT molecular complexity index is 552. The van der Waals surface area contributed by atoms with Gasteiger partial charge in [-0.05, 0) is 37.3 Å². The zero-order chi connectivity index (χ0) is 13.7. The average molecular weight is 280 g/mol. The fourth-order valence-electron chi connectivity index (χ4n) is 1.66. The molecule has 4 nitrogen and oxygen atoms in total. The summed E-state index contributed by atoms with van der Waals surface area (Å²) in [6.45, 7) is 2.48. The molecule has 0 aliphatic heterocycles. The van der Waals surface area contributed by atoms with E-state index >= 15 is 0 Å². The van der Waals surface area contributed by atoms with Crippen LogP contribution in [0, 0.1) is 0 Å². The van der Waals surface area contributed by atoms with Crippen molar-refractivity contribution < 1.29 is 13.9 Å². The Balaban J connectivity index is 2.15. The number of rotatable bonds is 5. The van der Waals surface area contributed by atoms with Crippen LogP contribution < -0.4 is 10.1 Å². The molecule has 0 bridgehead atoms. The Morgan fingerprint density at radius 3 is 2.89 bits per heavy atom. The zero-order valence-corrected chi connectivity index (χ0v) is 11.2. The minimum atomic E-state index is -0.297. The van der Waals surface area contributed by atoms with Crippen molar-refractivity contribution in [3.05, 3.63) is 47.9 Å². The standard InChI is InChI=1S/C14H14ClNO3/c1-2-18-12-6-5-11(8-10(12)9-15)16-14(17)13-4-3-7-19-13/h3-8H,2,9H2,1H3,(H,16,17). The highest BCUT2D eigenvalue weighted by Gasteiger charge is 2.10. The van der Waals surface area contributed by atoms with Crippen LogP contribution in [0.1, 0.15) is 23.0 Å². The van der Waals surface area contributed by atoms with Gasteiger partial charge in [-0.3, -0.25) is 4.79 Å². The van der Waals surface area contributed by atoms with Crippen molar-refractivity contribution in [2.45, 2.75) is 12.8 Å². The number of nitrogens with one attached hydrogen (secondary N) is 1. The number of halogens is 1. The molecule has 0 aliphatic carbocycles. The lowest BCUT2D eigenvalue weighted by Crippen LogP contribution is -2.11.